The van der Waals surface area contributed by atoms with Gasteiger partial charge in [-0.3, -0.25) is 9.59 Å². The van der Waals surface area contributed by atoms with E-state index in [1.54, 1.807) is 41.9 Å². The zero-order valence-electron chi connectivity index (χ0n) is 16.3. The van der Waals surface area contributed by atoms with Crippen LogP contribution in [-0.4, -0.2) is 50.8 Å². The summed E-state index contributed by atoms with van der Waals surface area (Å²) in [6, 6.07) is 14.3. The van der Waals surface area contributed by atoms with Gasteiger partial charge in [0.05, 0.1) is 28.0 Å². The summed E-state index contributed by atoms with van der Waals surface area (Å²) in [5.74, 6) is 0.188. The minimum atomic E-state index is -0.330. The monoisotopic (exact) mass is 463 g/mol. The molecule has 1 N–H and O–H groups in total. The Labute approximate surface area is 188 Å². The second-order valence-electron chi connectivity index (χ2n) is 6.41. The van der Waals surface area contributed by atoms with Crippen molar-refractivity contribution >= 4 is 52.5 Å². The van der Waals surface area contributed by atoms with Gasteiger partial charge < -0.3 is 14.8 Å². The van der Waals surface area contributed by atoms with Crippen LogP contribution in [-0.2, 0) is 16.6 Å². The van der Waals surface area contributed by atoms with E-state index in [-0.39, 0.29) is 24.1 Å². The fraction of sp³-hybridized carbons (Fsp3) is 0.200. The lowest BCUT2D eigenvalue weighted by Crippen LogP contribution is -2.36. The summed E-state index contributed by atoms with van der Waals surface area (Å²) in [7, 11) is 3.38. The molecule has 156 valence electrons. The Morgan fingerprint density at radius 1 is 1.07 bits per heavy atom. The first kappa shape index (κ1) is 22.1. The molecular formula is C20H19Cl2N5O2S. The van der Waals surface area contributed by atoms with Crippen LogP contribution in [0.4, 0.5) is 5.69 Å². The van der Waals surface area contributed by atoms with Gasteiger partial charge in [0.25, 0.3) is 0 Å². The van der Waals surface area contributed by atoms with Crippen LogP contribution < -0.4 is 5.32 Å². The topological polar surface area (TPSA) is 80.1 Å². The average Bonchev–Trinajstić information content (AvgIpc) is 3.08. The van der Waals surface area contributed by atoms with Crippen LogP contribution in [0.25, 0.3) is 11.4 Å². The molecule has 0 saturated carbocycles. The fourth-order valence-corrected chi connectivity index (χ4v) is 3.86. The summed E-state index contributed by atoms with van der Waals surface area (Å²) < 4.78 is 1.78. The Hall–Kier alpha value is -2.55. The normalized spacial score (nSPS) is 10.7. The van der Waals surface area contributed by atoms with Crippen molar-refractivity contribution in [3.63, 3.8) is 0 Å². The van der Waals surface area contributed by atoms with Crippen molar-refractivity contribution < 1.29 is 9.59 Å². The maximum atomic E-state index is 12.4. The third-order valence-corrected chi connectivity index (χ3v) is 5.89. The van der Waals surface area contributed by atoms with Crippen LogP contribution in [0.15, 0.2) is 53.7 Å². The van der Waals surface area contributed by atoms with Crippen molar-refractivity contribution in [2.24, 2.45) is 7.05 Å². The van der Waals surface area contributed by atoms with E-state index >= 15 is 0 Å². The molecule has 3 rings (SSSR count). The minimum Gasteiger partial charge on any atom is -0.336 e. The van der Waals surface area contributed by atoms with Crippen LogP contribution in [0.3, 0.4) is 0 Å². The van der Waals surface area contributed by atoms with Gasteiger partial charge in [0, 0.05) is 19.7 Å². The average molecular weight is 464 g/mol. The first-order chi connectivity index (χ1) is 14.4. The lowest BCUT2D eigenvalue weighted by molar-refractivity contribution is -0.131. The van der Waals surface area contributed by atoms with E-state index in [0.29, 0.717) is 26.7 Å². The molecule has 1 heterocycles. The zero-order valence-corrected chi connectivity index (χ0v) is 18.6. The molecule has 7 nitrogen and oxygen atoms in total. The number of nitrogens with zero attached hydrogens (tertiary/aromatic N) is 4. The van der Waals surface area contributed by atoms with Gasteiger partial charge in [-0.15, -0.1) is 10.2 Å². The highest BCUT2D eigenvalue weighted by Gasteiger charge is 2.18. The van der Waals surface area contributed by atoms with E-state index < -0.39 is 0 Å². The second-order valence-corrected chi connectivity index (χ2v) is 8.17. The van der Waals surface area contributed by atoms with E-state index in [9.17, 15) is 9.59 Å². The summed E-state index contributed by atoms with van der Waals surface area (Å²) in [5.41, 5.74) is 1.27. The molecule has 2 aromatic carbocycles. The second kappa shape index (κ2) is 9.97. The van der Waals surface area contributed by atoms with Gasteiger partial charge in [0.2, 0.25) is 11.8 Å². The highest BCUT2D eigenvalue weighted by molar-refractivity contribution is 7.99. The number of rotatable bonds is 7. The molecule has 0 aliphatic carbocycles. The summed E-state index contributed by atoms with van der Waals surface area (Å²) >= 11 is 13.5. The van der Waals surface area contributed by atoms with Crippen molar-refractivity contribution in [2.45, 2.75) is 5.16 Å². The minimum absolute atomic E-state index is 0.0890. The Morgan fingerprint density at radius 3 is 2.43 bits per heavy atom. The summed E-state index contributed by atoms with van der Waals surface area (Å²) in [6.45, 7) is -0.0890. The first-order valence-electron chi connectivity index (χ1n) is 8.92. The van der Waals surface area contributed by atoms with Gasteiger partial charge in [-0.2, -0.15) is 0 Å². The number of benzene rings is 2. The standard InChI is InChI=1S/C20H19Cl2N5O2S/c1-26(11-17(28)23-16-10-6-5-9-15(16)22)18(29)12-30-20-25-24-19(27(20)2)13-7-3-4-8-14(13)21/h3-10H,11-12H2,1-2H3,(H,23,28). The molecule has 10 heteroatoms. The Balaban J connectivity index is 1.56. The molecule has 2 amide bonds. The molecule has 0 saturated heterocycles. The highest BCUT2D eigenvalue weighted by atomic mass is 35.5. The van der Waals surface area contributed by atoms with Gasteiger partial charge >= 0.3 is 0 Å². The quantitative estimate of drug-likeness (QED) is 0.535. The predicted molar refractivity (Wildman–Crippen MR) is 120 cm³/mol. The van der Waals surface area contributed by atoms with E-state index in [2.05, 4.69) is 15.5 Å². The van der Waals surface area contributed by atoms with Gasteiger partial charge in [-0.1, -0.05) is 59.2 Å². The summed E-state index contributed by atoms with van der Waals surface area (Å²) in [5, 5.41) is 12.6. The number of nitrogens with one attached hydrogen (secondary N) is 1. The van der Waals surface area contributed by atoms with Crippen molar-refractivity contribution in [3.05, 3.63) is 58.6 Å². The smallest absolute Gasteiger partial charge is 0.244 e. The zero-order chi connectivity index (χ0) is 21.7. The number of hydrogen-bond acceptors (Lipinski definition) is 5. The maximum absolute atomic E-state index is 12.4. The van der Waals surface area contributed by atoms with E-state index in [0.717, 1.165) is 5.56 Å². The van der Waals surface area contributed by atoms with Crippen LogP contribution in [0.2, 0.25) is 10.0 Å². The van der Waals surface area contributed by atoms with Crippen molar-refractivity contribution in [2.75, 3.05) is 24.7 Å². The largest absolute Gasteiger partial charge is 0.336 e. The number of aromatic nitrogens is 3. The van der Waals surface area contributed by atoms with Crippen LogP contribution in [0.1, 0.15) is 0 Å². The van der Waals surface area contributed by atoms with Gasteiger partial charge in [0.1, 0.15) is 0 Å². The number of anilines is 1. The number of halogens is 2. The van der Waals surface area contributed by atoms with Gasteiger partial charge in [-0.25, -0.2) is 0 Å². The lowest BCUT2D eigenvalue weighted by Gasteiger charge is -2.16. The molecule has 0 atom stereocenters. The number of likely N-dealkylation sites (N-methyl/N-ethyl adjacent to an activating group) is 1. The van der Waals surface area contributed by atoms with Gasteiger partial charge in [0.15, 0.2) is 11.0 Å². The maximum Gasteiger partial charge on any atom is 0.244 e. The molecular weight excluding hydrogens is 445 g/mol. The third kappa shape index (κ3) is 5.33. The molecule has 3 aromatic rings. The van der Waals surface area contributed by atoms with E-state index in [1.165, 1.54) is 16.7 Å². The van der Waals surface area contributed by atoms with E-state index in [4.69, 9.17) is 23.2 Å². The van der Waals surface area contributed by atoms with Crippen LogP contribution in [0.5, 0.6) is 0 Å². The molecule has 0 unspecified atom stereocenters. The van der Waals surface area contributed by atoms with E-state index in [1.807, 2.05) is 25.2 Å². The SMILES string of the molecule is CN(CC(=O)Nc1ccccc1Cl)C(=O)CSc1nnc(-c2ccccc2Cl)n1C. The number of thioether (sulfide) groups is 1. The molecule has 1 aromatic heterocycles. The van der Waals surface area contributed by atoms with Crippen molar-refractivity contribution in [3.8, 4) is 11.4 Å². The number of carbonyl (C=O) groups is 2. The molecule has 0 aliphatic heterocycles. The molecule has 0 aliphatic rings. The van der Waals surface area contributed by atoms with Crippen LogP contribution in [0, 0.1) is 0 Å². The summed E-state index contributed by atoms with van der Waals surface area (Å²) in [6.07, 6.45) is 0. The molecule has 0 bridgehead atoms. The Bertz CT molecular complexity index is 1070. The lowest BCUT2D eigenvalue weighted by atomic mass is 10.2. The van der Waals surface area contributed by atoms with Crippen LogP contribution >= 0.6 is 35.0 Å². The Morgan fingerprint density at radius 2 is 1.73 bits per heavy atom. The Kier molecular flexibility index (Phi) is 7.36. The molecule has 0 radical (unpaired) electrons. The number of para-hydroxylation sites is 1. The van der Waals surface area contributed by atoms with Gasteiger partial charge in [-0.05, 0) is 24.3 Å². The number of hydrogen-bond donors (Lipinski definition) is 1. The highest BCUT2D eigenvalue weighted by Crippen LogP contribution is 2.28. The molecule has 30 heavy (non-hydrogen) atoms. The summed E-state index contributed by atoms with van der Waals surface area (Å²) in [4.78, 5) is 26.0. The number of amides is 2. The first-order valence-corrected chi connectivity index (χ1v) is 10.7. The molecule has 0 fully saturated rings. The molecule has 0 spiro atoms. The third-order valence-electron chi connectivity index (χ3n) is 4.23. The van der Waals surface area contributed by atoms with Crippen molar-refractivity contribution in [1.29, 1.82) is 0 Å². The number of carbonyl (C=O) groups excluding carboxylic acids is 2. The predicted octanol–water partition coefficient (Wildman–Crippen LogP) is 3.98. The fourth-order valence-electron chi connectivity index (χ4n) is 2.61. The van der Waals surface area contributed by atoms with Crippen molar-refractivity contribution in [1.82, 2.24) is 19.7 Å².